The molecule has 1 saturated heterocycles. The van der Waals surface area contributed by atoms with Crippen LogP contribution in [0, 0.1) is 0 Å². The van der Waals surface area contributed by atoms with E-state index >= 15 is 0 Å². The summed E-state index contributed by atoms with van der Waals surface area (Å²) >= 11 is 0. The van der Waals surface area contributed by atoms with Gasteiger partial charge < -0.3 is 30.1 Å². The minimum Gasteiger partial charge on any atom is -0.438 e. The van der Waals surface area contributed by atoms with Crippen LogP contribution in [0.3, 0.4) is 0 Å². The van der Waals surface area contributed by atoms with E-state index in [1.807, 2.05) is 5.48 Å². The average molecular weight is 376 g/mol. The van der Waals surface area contributed by atoms with E-state index in [4.69, 9.17) is 14.7 Å². The van der Waals surface area contributed by atoms with Gasteiger partial charge in [0.05, 0.1) is 6.61 Å². The molecule has 0 spiro atoms. The number of carbonyl (C=O) groups excluding carboxylic acids is 2. The highest BCUT2D eigenvalue weighted by Gasteiger charge is 2.46. The zero-order valence-electron chi connectivity index (χ0n) is 13.2. The fourth-order valence-corrected chi connectivity index (χ4v) is 1.99. The van der Waals surface area contributed by atoms with Crippen molar-refractivity contribution in [2.45, 2.75) is 56.9 Å². The zero-order chi connectivity index (χ0) is 19.4. The molecule has 0 aromatic rings. The lowest BCUT2D eigenvalue weighted by Gasteiger charge is -2.42. The monoisotopic (exact) mass is 376 g/mol. The molecule has 25 heavy (non-hydrogen) atoms. The highest BCUT2D eigenvalue weighted by Crippen LogP contribution is 2.22. The molecule has 0 aromatic carbocycles. The Hall–Kier alpha value is -1.51. The van der Waals surface area contributed by atoms with Gasteiger partial charge in [0.25, 0.3) is 0 Å². The lowest BCUT2D eigenvalue weighted by Crippen LogP contribution is -2.65. The molecule has 1 aliphatic rings. The summed E-state index contributed by atoms with van der Waals surface area (Å²) in [6.07, 6.45) is -12.7. The Labute approximate surface area is 139 Å². The first-order valence-corrected chi connectivity index (χ1v) is 7.06. The SMILES string of the molecule is CC(=O)N[C@@H]1[C@@H](ONC(C)OC(=O)C(F)(F)F)O[C@H](CO)[C@@H](O)[C@@H]1O. The van der Waals surface area contributed by atoms with Crippen molar-refractivity contribution in [3.05, 3.63) is 0 Å². The number of nitrogens with one attached hydrogen (secondary N) is 2. The Morgan fingerprint density at radius 1 is 1.28 bits per heavy atom. The molecule has 146 valence electrons. The molecule has 1 fully saturated rings. The first kappa shape index (κ1) is 21.5. The first-order valence-electron chi connectivity index (χ1n) is 7.06. The number of amides is 1. The second kappa shape index (κ2) is 8.73. The van der Waals surface area contributed by atoms with Crippen LogP contribution in [0.15, 0.2) is 0 Å². The molecule has 0 bridgehead atoms. The van der Waals surface area contributed by atoms with Crippen LogP contribution in [0.25, 0.3) is 0 Å². The highest BCUT2D eigenvalue weighted by atomic mass is 19.4. The molecule has 0 saturated carbocycles. The van der Waals surface area contributed by atoms with Crippen LogP contribution in [0.4, 0.5) is 13.2 Å². The molecule has 10 nitrogen and oxygen atoms in total. The topological polar surface area (TPSA) is 147 Å². The summed E-state index contributed by atoms with van der Waals surface area (Å²) in [5, 5.41) is 31.1. The maximum absolute atomic E-state index is 12.1. The van der Waals surface area contributed by atoms with Gasteiger partial charge in [0, 0.05) is 6.92 Å². The third kappa shape index (κ3) is 6.05. The van der Waals surface area contributed by atoms with Crippen LogP contribution in [-0.2, 0) is 23.9 Å². The number of alkyl halides is 3. The Bertz CT molecular complexity index is 478. The Morgan fingerprint density at radius 3 is 2.36 bits per heavy atom. The molecule has 0 radical (unpaired) electrons. The largest absolute Gasteiger partial charge is 0.490 e. The van der Waals surface area contributed by atoms with E-state index in [1.54, 1.807) is 0 Å². The van der Waals surface area contributed by atoms with E-state index in [0.717, 1.165) is 13.8 Å². The molecule has 0 aliphatic carbocycles. The molecular weight excluding hydrogens is 357 g/mol. The van der Waals surface area contributed by atoms with E-state index in [0.29, 0.717) is 0 Å². The smallest absolute Gasteiger partial charge is 0.438 e. The van der Waals surface area contributed by atoms with E-state index in [1.165, 1.54) is 0 Å². The minimum atomic E-state index is -5.20. The van der Waals surface area contributed by atoms with Crippen LogP contribution >= 0.6 is 0 Å². The second-order valence-electron chi connectivity index (χ2n) is 5.21. The van der Waals surface area contributed by atoms with Crippen molar-refractivity contribution in [3.8, 4) is 0 Å². The van der Waals surface area contributed by atoms with Crippen LogP contribution in [0.5, 0.6) is 0 Å². The average Bonchev–Trinajstić information content (AvgIpc) is 2.49. The summed E-state index contributed by atoms with van der Waals surface area (Å²) in [4.78, 5) is 26.8. The number of hydrogen-bond donors (Lipinski definition) is 5. The second-order valence-corrected chi connectivity index (χ2v) is 5.21. The molecule has 1 aliphatic heterocycles. The van der Waals surface area contributed by atoms with Crippen molar-refractivity contribution in [1.82, 2.24) is 10.8 Å². The summed E-state index contributed by atoms with van der Waals surface area (Å²) in [7, 11) is 0. The number of esters is 1. The number of halogens is 3. The lowest BCUT2D eigenvalue weighted by atomic mass is 9.97. The number of aliphatic hydroxyl groups excluding tert-OH is 3. The van der Waals surface area contributed by atoms with Gasteiger partial charge in [-0.25, -0.2) is 4.79 Å². The van der Waals surface area contributed by atoms with E-state index in [2.05, 4.69) is 10.1 Å². The Morgan fingerprint density at radius 2 is 1.88 bits per heavy atom. The van der Waals surface area contributed by atoms with Crippen molar-refractivity contribution in [3.63, 3.8) is 0 Å². The summed E-state index contributed by atoms with van der Waals surface area (Å²) in [5.41, 5.74) is 1.94. The van der Waals surface area contributed by atoms with Crippen LogP contribution in [0.2, 0.25) is 0 Å². The Kier molecular flexibility index (Phi) is 7.52. The van der Waals surface area contributed by atoms with Crippen molar-refractivity contribution in [2.75, 3.05) is 6.61 Å². The third-order valence-electron chi connectivity index (χ3n) is 3.12. The van der Waals surface area contributed by atoms with Gasteiger partial charge in [-0.3, -0.25) is 9.63 Å². The number of carbonyl (C=O) groups is 2. The fraction of sp³-hybridized carbons (Fsp3) is 0.833. The Balaban J connectivity index is 2.71. The van der Waals surface area contributed by atoms with Crippen LogP contribution < -0.4 is 10.8 Å². The number of aliphatic hydroxyl groups is 3. The predicted octanol–water partition coefficient (Wildman–Crippen LogP) is -2.10. The molecule has 1 heterocycles. The van der Waals surface area contributed by atoms with Gasteiger partial charge in [-0.1, -0.05) is 0 Å². The molecule has 1 rings (SSSR count). The summed E-state index contributed by atoms with van der Waals surface area (Å²) in [6, 6.07) is -1.31. The summed E-state index contributed by atoms with van der Waals surface area (Å²) in [6.45, 7) is 1.42. The van der Waals surface area contributed by atoms with Crippen molar-refractivity contribution >= 4 is 11.9 Å². The fourth-order valence-electron chi connectivity index (χ4n) is 1.99. The molecule has 6 atom stereocenters. The minimum absolute atomic E-state index is 0.618. The zero-order valence-corrected chi connectivity index (χ0v) is 13.2. The molecule has 0 aromatic heterocycles. The van der Waals surface area contributed by atoms with Gasteiger partial charge in [-0.2, -0.15) is 18.7 Å². The van der Waals surface area contributed by atoms with Crippen molar-refractivity contribution in [1.29, 1.82) is 0 Å². The van der Waals surface area contributed by atoms with Crippen molar-refractivity contribution in [2.24, 2.45) is 0 Å². The third-order valence-corrected chi connectivity index (χ3v) is 3.12. The number of ether oxygens (including phenoxy) is 2. The van der Waals surface area contributed by atoms with Crippen LogP contribution in [0.1, 0.15) is 13.8 Å². The first-order chi connectivity index (χ1) is 11.5. The van der Waals surface area contributed by atoms with Gasteiger partial charge in [-0.15, -0.1) is 0 Å². The summed E-state index contributed by atoms with van der Waals surface area (Å²) < 4.78 is 45.4. The number of hydrogen-bond acceptors (Lipinski definition) is 9. The van der Waals surface area contributed by atoms with Crippen LogP contribution in [-0.4, -0.2) is 76.9 Å². The molecule has 13 heteroatoms. The highest BCUT2D eigenvalue weighted by molar-refractivity contribution is 5.75. The van der Waals surface area contributed by atoms with Gasteiger partial charge >= 0.3 is 12.1 Å². The molecule has 1 unspecified atom stereocenters. The van der Waals surface area contributed by atoms with Crippen molar-refractivity contribution < 1.29 is 52.4 Å². The van der Waals surface area contributed by atoms with Gasteiger partial charge in [-0.05, 0) is 6.92 Å². The molecule has 5 N–H and O–H groups in total. The van der Waals surface area contributed by atoms with Gasteiger partial charge in [0.15, 0.2) is 6.23 Å². The number of hydroxylamine groups is 1. The summed E-state index contributed by atoms with van der Waals surface area (Å²) in [5.74, 6) is -3.07. The van der Waals surface area contributed by atoms with Gasteiger partial charge in [0.1, 0.15) is 24.4 Å². The number of rotatable bonds is 6. The lowest BCUT2D eigenvalue weighted by molar-refractivity contribution is -0.297. The normalized spacial score (nSPS) is 31.3. The van der Waals surface area contributed by atoms with E-state index < -0.39 is 61.5 Å². The van der Waals surface area contributed by atoms with Gasteiger partial charge in [0.2, 0.25) is 12.2 Å². The maximum Gasteiger partial charge on any atom is 0.490 e. The molecule has 1 amide bonds. The van der Waals surface area contributed by atoms with E-state index in [9.17, 15) is 33.0 Å². The maximum atomic E-state index is 12.1. The van der Waals surface area contributed by atoms with E-state index in [-0.39, 0.29) is 0 Å². The molecular formula is C12H19F3N2O8. The predicted molar refractivity (Wildman–Crippen MR) is 71.2 cm³/mol. The quantitative estimate of drug-likeness (QED) is 0.200. The standard InChI is InChI=1S/C12H19F3N2O8/c1-4(19)16-7-9(21)8(20)6(3-18)24-10(7)25-17-5(2)23-11(22)12(13,14)15/h5-10,17-18,20-21H,3H2,1-2H3,(H,16,19)/t5?,6-,7+,8-,9-,10-/m1/s1.